The number of halogens is 2. The van der Waals surface area contributed by atoms with E-state index >= 15 is 4.39 Å². The van der Waals surface area contributed by atoms with Gasteiger partial charge in [0.05, 0.1) is 0 Å². The minimum absolute atomic E-state index is 0.224. The van der Waals surface area contributed by atoms with Crippen molar-refractivity contribution in [3.63, 3.8) is 0 Å². The first-order valence-corrected chi connectivity index (χ1v) is 13.2. The zero-order chi connectivity index (χ0) is 26.5. The number of allylic oxidation sites excluding steroid dienone is 3. The van der Waals surface area contributed by atoms with Gasteiger partial charge in [-0.3, -0.25) is 0 Å². The third-order valence-electron chi connectivity index (χ3n) is 5.87. The van der Waals surface area contributed by atoms with Gasteiger partial charge in [-0.15, -0.1) is 6.58 Å². The number of anilines is 2. The maximum atomic E-state index is 15.4. The molecular formula is C29H41ClFN5. The molecule has 196 valence electrons. The zero-order valence-electron chi connectivity index (χ0n) is 22.2. The second kappa shape index (κ2) is 15.4. The minimum Gasteiger partial charge on any atom is -0.363 e. The molecule has 3 N–H and O–H groups in total. The molecule has 0 unspecified atom stereocenters. The van der Waals surface area contributed by atoms with Gasteiger partial charge in [0.15, 0.2) is 11.6 Å². The average molecular weight is 514 g/mol. The number of benzene rings is 1. The van der Waals surface area contributed by atoms with Gasteiger partial charge in [0, 0.05) is 24.2 Å². The van der Waals surface area contributed by atoms with Crippen LogP contribution >= 0.6 is 11.6 Å². The van der Waals surface area contributed by atoms with Crippen molar-refractivity contribution in [2.75, 3.05) is 23.8 Å². The molecule has 2 aliphatic carbocycles. The summed E-state index contributed by atoms with van der Waals surface area (Å²) in [4.78, 5) is 10.5. The molecule has 0 saturated heterocycles. The van der Waals surface area contributed by atoms with Crippen LogP contribution < -0.4 is 16.0 Å². The van der Waals surface area contributed by atoms with E-state index in [1.165, 1.54) is 30.9 Å². The summed E-state index contributed by atoms with van der Waals surface area (Å²) in [5, 5.41) is 3.91. The van der Waals surface area contributed by atoms with Crippen molar-refractivity contribution in [3.05, 3.63) is 82.4 Å². The van der Waals surface area contributed by atoms with Crippen LogP contribution in [-0.2, 0) is 13.0 Å². The Morgan fingerprint density at radius 1 is 1.17 bits per heavy atom. The monoisotopic (exact) mass is 513 g/mol. The van der Waals surface area contributed by atoms with Crippen LogP contribution in [0.3, 0.4) is 0 Å². The predicted molar refractivity (Wildman–Crippen MR) is 152 cm³/mol. The highest BCUT2D eigenvalue weighted by molar-refractivity contribution is 6.32. The van der Waals surface area contributed by atoms with Crippen LogP contribution in [0.1, 0.15) is 64.0 Å². The summed E-state index contributed by atoms with van der Waals surface area (Å²) in [6.45, 7) is 11.2. The summed E-state index contributed by atoms with van der Waals surface area (Å²) in [6, 6.07) is 8.49. The second-order valence-corrected chi connectivity index (χ2v) is 9.35. The van der Waals surface area contributed by atoms with Gasteiger partial charge in [-0.1, -0.05) is 73.9 Å². The Morgan fingerprint density at radius 2 is 1.81 bits per heavy atom. The first-order valence-electron chi connectivity index (χ1n) is 12.8. The van der Waals surface area contributed by atoms with Gasteiger partial charge in [0.2, 0.25) is 5.82 Å². The molecule has 2 aliphatic rings. The fourth-order valence-corrected chi connectivity index (χ4v) is 4.20. The Labute approximate surface area is 221 Å². The van der Waals surface area contributed by atoms with Gasteiger partial charge >= 0.3 is 0 Å². The molecule has 0 atom stereocenters. The van der Waals surface area contributed by atoms with Crippen LogP contribution in [0, 0.1) is 5.82 Å². The van der Waals surface area contributed by atoms with E-state index in [1.54, 1.807) is 0 Å². The number of nitrogens with zero attached hydrogens (tertiary/aromatic N) is 3. The van der Waals surface area contributed by atoms with Gasteiger partial charge in [-0.25, -0.2) is 9.97 Å². The van der Waals surface area contributed by atoms with Crippen LogP contribution in [0.25, 0.3) is 0 Å². The molecule has 1 saturated carbocycles. The SMILES string of the molecule is C=CCc1ccc(CNc2ncnc(N(CC3=C(C)CCC=C3Cl)C3CC3)c2F)cc1.CCC.CN. The quantitative estimate of drug-likeness (QED) is 0.348. The Hall–Kier alpha value is -2.70. The summed E-state index contributed by atoms with van der Waals surface area (Å²) in [7, 11) is 1.50. The first kappa shape index (κ1) is 29.5. The number of nitrogens with two attached hydrogens (primary N) is 1. The summed E-state index contributed by atoms with van der Waals surface area (Å²) in [5.74, 6) is 0.158. The number of hydrogen-bond acceptors (Lipinski definition) is 5. The number of rotatable bonds is 9. The molecule has 1 aromatic carbocycles. The van der Waals surface area contributed by atoms with Gasteiger partial charge in [0.25, 0.3) is 0 Å². The summed E-state index contributed by atoms with van der Waals surface area (Å²) < 4.78 is 15.4. The molecule has 0 bridgehead atoms. The minimum atomic E-state index is -0.410. The van der Waals surface area contributed by atoms with E-state index in [2.05, 4.69) is 66.6 Å². The third-order valence-corrected chi connectivity index (χ3v) is 6.25. The molecule has 0 spiro atoms. The average Bonchev–Trinajstić information content (AvgIpc) is 3.72. The van der Waals surface area contributed by atoms with Crippen molar-refractivity contribution in [1.29, 1.82) is 0 Å². The van der Waals surface area contributed by atoms with E-state index in [9.17, 15) is 0 Å². The molecule has 7 heteroatoms. The highest BCUT2D eigenvalue weighted by Crippen LogP contribution is 2.37. The van der Waals surface area contributed by atoms with E-state index in [4.69, 9.17) is 11.6 Å². The molecule has 1 aromatic heterocycles. The van der Waals surface area contributed by atoms with E-state index in [-0.39, 0.29) is 5.82 Å². The maximum absolute atomic E-state index is 15.4. The number of aromatic nitrogens is 2. The molecule has 0 radical (unpaired) electrons. The van der Waals surface area contributed by atoms with Crippen molar-refractivity contribution < 1.29 is 4.39 Å². The second-order valence-electron chi connectivity index (χ2n) is 8.94. The van der Waals surface area contributed by atoms with Gasteiger partial charge in [0.1, 0.15) is 6.33 Å². The van der Waals surface area contributed by atoms with Gasteiger partial charge in [-0.05, 0) is 62.8 Å². The zero-order valence-corrected chi connectivity index (χ0v) is 22.9. The molecule has 0 aliphatic heterocycles. The molecular weight excluding hydrogens is 473 g/mol. The molecule has 5 nitrogen and oxygen atoms in total. The lowest BCUT2D eigenvalue weighted by molar-refractivity contribution is 0.605. The van der Waals surface area contributed by atoms with Crippen LogP contribution in [0.4, 0.5) is 16.0 Å². The van der Waals surface area contributed by atoms with Crippen molar-refractivity contribution >= 4 is 23.2 Å². The van der Waals surface area contributed by atoms with Crippen LogP contribution in [0.2, 0.25) is 0 Å². The lowest BCUT2D eigenvalue weighted by Gasteiger charge is -2.28. The molecule has 0 amide bonds. The summed E-state index contributed by atoms with van der Waals surface area (Å²) >= 11 is 6.49. The molecule has 1 heterocycles. The molecule has 2 aromatic rings. The predicted octanol–water partition coefficient (Wildman–Crippen LogP) is 7.15. The Bertz CT molecular complexity index is 1030. The smallest absolute Gasteiger partial charge is 0.207 e. The molecule has 4 rings (SSSR count). The van der Waals surface area contributed by atoms with Crippen molar-refractivity contribution in [3.8, 4) is 0 Å². The van der Waals surface area contributed by atoms with E-state index in [1.807, 2.05) is 23.1 Å². The van der Waals surface area contributed by atoms with Crippen LogP contribution in [0.5, 0.6) is 0 Å². The van der Waals surface area contributed by atoms with E-state index < -0.39 is 5.82 Å². The largest absolute Gasteiger partial charge is 0.363 e. The van der Waals surface area contributed by atoms with Crippen molar-refractivity contribution in [2.24, 2.45) is 5.73 Å². The number of hydrogen-bond donors (Lipinski definition) is 2. The summed E-state index contributed by atoms with van der Waals surface area (Å²) in [6.07, 6.45) is 11.5. The van der Waals surface area contributed by atoms with E-state index in [0.717, 1.165) is 48.3 Å². The Morgan fingerprint density at radius 3 is 2.39 bits per heavy atom. The Kier molecular flexibility index (Phi) is 12.6. The highest BCUT2D eigenvalue weighted by atomic mass is 35.5. The maximum Gasteiger partial charge on any atom is 0.207 e. The number of nitrogens with one attached hydrogen (secondary N) is 1. The lowest BCUT2D eigenvalue weighted by Crippen LogP contribution is -2.31. The fraction of sp³-hybridized carbons (Fsp3) is 0.448. The van der Waals surface area contributed by atoms with Crippen molar-refractivity contribution in [1.82, 2.24) is 9.97 Å². The topological polar surface area (TPSA) is 67.1 Å². The van der Waals surface area contributed by atoms with E-state index in [0.29, 0.717) is 24.9 Å². The normalized spacial score (nSPS) is 14.6. The molecule has 36 heavy (non-hydrogen) atoms. The van der Waals surface area contributed by atoms with Crippen molar-refractivity contribution in [2.45, 2.75) is 71.9 Å². The third kappa shape index (κ3) is 8.45. The molecule has 1 fully saturated rings. The van der Waals surface area contributed by atoms with Crippen LogP contribution in [0.15, 0.2) is 65.5 Å². The standard InChI is InChI=1S/C25H28ClFN4.C3H8.CH5N/c1-3-5-18-8-10-19(11-9-18)14-28-24-23(27)25(30-16-29-24)31(20-12-13-20)15-21-17(2)6-4-7-22(21)26;1-3-2;1-2/h3,7-11,16,20H,1,4-6,12-15H2,2H3,(H,28,29,30);3H2,1-2H3;2H2,1H3. The Balaban J connectivity index is 0.000000850. The fourth-order valence-electron chi connectivity index (χ4n) is 3.87. The summed E-state index contributed by atoms with van der Waals surface area (Å²) in [5.41, 5.74) is 9.12. The van der Waals surface area contributed by atoms with Crippen LogP contribution in [-0.4, -0.2) is 29.6 Å². The lowest BCUT2D eigenvalue weighted by atomic mass is 9.98. The first-order chi connectivity index (χ1) is 17.5. The van der Waals surface area contributed by atoms with Gasteiger partial charge in [-0.2, -0.15) is 4.39 Å². The highest BCUT2D eigenvalue weighted by Gasteiger charge is 2.34. The van der Waals surface area contributed by atoms with Gasteiger partial charge < -0.3 is 16.0 Å².